The quantitative estimate of drug-likeness (QED) is 0.153. The van der Waals surface area contributed by atoms with Crippen LogP contribution in [0.2, 0.25) is 0 Å². The van der Waals surface area contributed by atoms with Crippen LogP contribution in [0.1, 0.15) is 118 Å². The highest BCUT2D eigenvalue weighted by Gasteiger charge is 2.32. The standard InChI is InChI=1S/C28H37NO2.C12H16O/c30-27(23-12-5-2-6-13-23)19-9-18-25(22-14-7-15-22)29-26(28(31)24-16-8-17-24)20-21-10-3-1-4-11-21;1-3-5-12(13)11-8-6-10(4-2)7-9-11/h1-6,10-13,24,26-31H,7-9,14-20H2;6-9H,3-5H2,1-2H3. The number of ketones is 1. The number of benzene rings is 3. The van der Waals surface area contributed by atoms with Crippen molar-refractivity contribution < 1.29 is 15.0 Å². The SMILES string of the molecule is CCCC(=O)c1ccc(CC)cc1.OC(CCCC(NC(Cc1ccccc1)C(O)C1CCC1)=C1CCC1)c1ccccc1. The summed E-state index contributed by atoms with van der Waals surface area (Å²) in [5.74, 6) is 0.680. The van der Waals surface area contributed by atoms with E-state index < -0.39 is 6.10 Å². The predicted octanol–water partition coefficient (Wildman–Crippen LogP) is 8.92. The summed E-state index contributed by atoms with van der Waals surface area (Å²) in [4.78, 5) is 11.4. The Labute approximate surface area is 265 Å². The lowest BCUT2D eigenvalue weighted by molar-refractivity contribution is 0.0331. The fourth-order valence-electron chi connectivity index (χ4n) is 6.08. The van der Waals surface area contributed by atoms with Crippen LogP contribution in [0.3, 0.4) is 0 Å². The zero-order valence-corrected chi connectivity index (χ0v) is 26.9. The average molecular weight is 596 g/mol. The highest BCUT2D eigenvalue weighted by atomic mass is 16.3. The number of allylic oxidation sites excluding steroid dienone is 2. The predicted molar refractivity (Wildman–Crippen MR) is 182 cm³/mol. The van der Waals surface area contributed by atoms with Gasteiger partial charge in [-0.2, -0.15) is 0 Å². The molecular formula is C40H53NO3. The molecular weight excluding hydrogens is 542 g/mol. The molecule has 0 saturated heterocycles. The fourth-order valence-corrected chi connectivity index (χ4v) is 6.08. The van der Waals surface area contributed by atoms with Gasteiger partial charge in [0.15, 0.2) is 5.78 Å². The number of aliphatic hydroxyl groups is 2. The number of rotatable bonds is 15. The van der Waals surface area contributed by atoms with Gasteiger partial charge in [-0.1, -0.05) is 111 Å². The maximum absolute atomic E-state index is 11.4. The summed E-state index contributed by atoms with van der Waals surface area (Å²) >= 11 is 0. The number of carbonyl (C=O) groups is 1. The first-order chi connectivity index (χ1) is 21.5. The Morgan fingerprint density at radius 1 is 0.818 bits per heavy atom. The molecule has 0 bridgehead atoms. The monoisotopic (exact) mass is 595 g/mol. The number of aliphatic hydroxyl groups excluding tert-OH is 2. The topological polar surface area (TPSA) is 69.6 Å². The molecule has 0 radical (unpaired) electrons. The van der Waals surface area contributed by atoms with E-state index in [0.717, 1.165) is 62.5 Å². The molecule has 2 fully saturated rings. The molecule has 0 aliphatic heterocycles. The van der Waals surface area contributed by atoms with E-state index in [9.17, 15) is 15.0 Å². The van der Waals surface area contributed by atoms with Gasteiger partial charge in [-0.05, 0) is 93.2 Å². The van der Waals surface area contributed by atoms with Crippen LogP contribution in [0.15, 0.2) is 96.2 Å². The molecule has 236 valence electrons. The lowest BCUT2D eigenvalue weighted by atomic mass is 9.77. The van der Waals surface area contributed by atoms with Gasteiger partial charge < -0.3 is 15.5 Å². The highest BCUT2D eigenvalue weighted by molar-refractivity contribution is 5.96. The zero-order chi connectivity index (χ0) is 31.1. The van der Waals surface area contributed by atoms with Crippen molar-refractivity contribution in [3.8, 4) is 0 Å². The summed E-state index contributed by atoms with van der Waals surface area (Å²) in [5, 5.41) is 25.5. The summed E-state index contributed by atoms with van der Waals surface area (Å²) in [6.45, 7) is 4.14. The molecule has 3 atom stereocenters. The third kappa shape index (κ3) is 10.2. The largest absolute Gasteiger partial charge is 0.391 e. The van der Waals surface area contributed by atoms with Crippen LogP contribution in [0.4, 0.5) is 0 Å². The van der Waals surface area contributed by atoms with Crippen molar-refractivity contribution in [2.75, 3.05) is 0 Å². The number of hydrogen-bond acceptors (Lipinski definition) is 4. The fraction of sp³-hybridized carbons (Fsp3) is 0.475. The minimum absolute atomic E-state index is 0.0508. The molecule has 5 rings (SSSR count). The van der Waals surface area contributed by atoms with E-state index in [1.54, 1.807) is 0 Å². The summed E-state index contributed by atoms with van der Waals surface area (Å²) in [5.41, 5.74) is 7.25. The van der Waals surface area contributed by atoms with Gasteiger partial charge in [0.2, 0.25) is 0 Å². The smallest absolute Gasteiger partial charge is 0.162 e. The summed E-state index contributed by atoms with van der Waals surface area (Å²) in [6.07, 6.45) is 12.5. The third-order valence-electron chi connectivity index (χ3n) is 9.34. The number of Topliss-reactive ketones (excluding diaryl/α,β-unsaturated/α-hetero) is 1. The van der Waals surface area contributed by atoms with Gasteiger partial charge in [0.1, 0.15) is 0 Å². The first-order valence-corrected chi connectivity index (χ1v) is 17.0. The lowest BCUT2D eigenvalue weighted by Gasteiger charge is -2.37. The number of carbonyl (C=O) groups excluding carboxylic acids is 1. The molecule has 4 heteroatoms. The van der Waals surface area contributed by atoms with Crippen molar-refractivity contribution in [2.45, 2.75) is 116 Å². The van der Waals surface area contributed by atoms with E-state index in [4.69, 9.17) is 0 Å². The van der Waals surface area contributed by atoms with Crippen molar-refractivity contribution in [3.63, 3.8) is 0 Å². The first kappa shape index (κ1) is 33.7. The van der Waals surface area contributed by atoms with Crippen molar-refractivity contribution in [3.05, 3.63) is 118 Å². The molecule has 0 amide bonds. The molecule has 2 saturated carbocycles. The second-order valence-electron chi connectivity index (χ2n) is 12.6. The van der Waals surface area contributed by atoms with Crippen molar-refractivity contribution in [1.82, 2.24) is 5.32 Å². The van der Waals surface area contributed by atoms with Gasteiger partial charge >= 0.3 is 0 Å². The maximum Gasteiger partial charge on any atom is 0.162 e. The second kappa shape index (κ2) is 17.9. The summed E-state index contributed by atoms with van der Waals surface area (Å²) < 4.78 is 0. The molecule has 0 spiro atoms. The van der Waals surface area contributed by atoms with E-state index in [-0.39, 0.29) is 17.9 Å². The number of aryl methyl sites for hydroxylation is 1. The van der Waals surface area contributed by atoms with Crippen LogP contribution in [0, 0.1) is 5.92 Å². The van der Waals surface area contributed by atoms with Gasteiger partial charge in [0, 0.05) is 17.7 Å². The van der Waals surface area contributed by atoms with Gasteiger partial charge in [0.05, 0.1) is 18.2 Å². The number of nitrogens with one attached hydrogen (secondary N) is 1. The highest BCUT2D eigenvalue weighted by Crippen LogP contribution is 2.34. The van der Waals surface area contributed by atoms with Crippen LogP contribution in [0.5, 0.6) is 0 Å². The average Bonchev–Trinajstić information content (AvgIpc) is 3.00. The molecule has 3 unspecified atom stereocenters. The molecule has 3 aromatic carbocycles. The molecule has 3 aromatic rings. The first-order valence-electron chi connectivity index (χ1n) is 17.0. The Morgan fingerprint density at radius 2 is 1.48 bits per heavy atom. The normalized spacial score (nSPS) is 16.4. The molecule has 3 N–H and O–H groups in total. The van der Waals surface area contributed by atoms with Crippen LogP contribution >= 0.6 is 0 Å². The van der Waals surface area contributed by atoms with Gasteiger partial charge in [0.25, 0.3) is 0 Å². The van der Waals surface area contributed by atoms with E-state index in [2.05, 4.69) is 36.5 Å². The number of hydrogen-bond donors (Lipinski definition) is 3. The van der Waals surface area contributed by atoms with E-state index in [1.165, 1.54) is 48.1 Å². The van der Waals surface area contributed by atoms with Gasteiger partial charge in [-0.3, -0.25) is 4.79 Å². The Bertz CT molecular complexity index is 1280. The van der Waals surface area contributed by atoms with Crippen molar-refractivity contribution >= 4 is 5.78 Å². The van der Waals surface area contributed by atoms with Gasteiger partial charge in [-0.25, -0.2) is 0 Å². The molecule has 0 aromatic heterocycles. The second-order valence-corrected chi connectivity index (χ2v) is 12.6. The molecule has 2 aliphatic rings. The van der Waals surface area contributed by atoms with E-state index in [1.807, 2.05) is 67.6 Å². The molecule has 44 heavy (non-hydrogen) atoms. The van der Waals surface area contributed by atoms with Crippen molar-refractivity contribution in [2.24, 2.45) is 5.92 Å². The van der Waals surface area contributed by atoms with Gasteiger partial charge in [-0.15, -0.1) is 0 Å². The van der Waals surface area contributed by atoms with Crippen LogP contribution in [0.25, 0.3) is 0 Å². The van der Waals surface area contributed by atoms with Crippen LogP contribution in [-0.4, -0.2) is 28.1 Å². The Kier molecular flexibility index (Phi) is 13.7. The Hall–Kier alpha value is -3.21. The Morgan fingerprint density at radius 3 is 2.02 bits per heavy atom. The maximum atomic E-state index is 11.4. The third-order valence-corrected chi connectivity index (χ3v) is 9.34. The molecule has 0 heterocycles. The minimum atomic E-state index is -0.408. The summed E-state index contributed by atoms with van der Waals surface area (Å²) in [7, 11) is 0. The van der Waals surface area contributed by atoms with E-state index >= 15 is 0 Å². The minimum Gasteiger partial charge on any atom is -0.391 e. The summed E-state index contributed by atoms with van der Waals surface area (Å²) in [6, 6.07) is 28.5. The van der Waals surface area contributed by atoms with Crippen LogP contribution in [-0.2, 0) is 12.8 Å². The lowest BCUT2D eigenvalue weighted by Crippen LogP contribution is -2.47. The Balaban J connectivity index is 0.000000285. The zero-order valence-electron chi connectivity index (χ0n) is 26.9. The molecule has 4 nitrogen and oxygen atoms in total. The molecule has 2 aliphatic carbocycles. The van der Waals surface area contributed by atoms with E-state index in [0.29, 0.717) is 12.3 Å². The van der Waals surface area contributed by atoms with Crippen LogP contribution < -0.4 is 5.32 Å². The van der Waals surface area contributed by atoms with Crippen molar-refractivity contribution in [1.29, 1.82) is 0 Å².